The van der Waals surface area contributed by atoms with E-state index in [4.69, 9.17) is 9.47 Å². The van der Waals surface area contributed by atoms with E-state index in [-0.39, 0.29) is 17.8 Å². The maximum atomic E-state index is 10.6. The highest BCUT2D eigenvalue weighted by atomic mass is 32.2. The van der Waals surface area contributed by atoms with Crippen molar-refractivity contribution >= 4 is 23.5 Å². The number of hydrogen-bond donors (Lipinski definition) is 2. The van der Waals surface area contributed by atoms with Crippen molar-refractivity contribution in [1.29, 1.82) is 0 Å². The molecule has 3 atom stereocenters. The maximum absolute atomic E-state index is 10.6. The van der Waals surface area contributed by atoms with Crippen LogP contribution < -0.4 is 0 Å². The van der Waals surface area contributed by atoms with E-state index in [2.05, 4.69) is 13.8 Å². The molecule has 0 saturated carbocycles. The van der Waals surface area contributed by atoms with Crippen molar-refractivity contribution < 1.29 is 19.7 Å². The Hall–Kier alpha value is 0.540. The predicted octanol–water partition coefficient (Wildman–Crippen LogP) is 3.93. The van der Waals surface area contributed by atoms with E-state index in [9.17, 15) is 10.2 Å². The fourth-order valence-corrected chi connectivity index (χ4v) is 4.74. The third-order valence-corrected chi connectivity index (χ3v) is 5.71. The zero-order valence-electron chi connectivity index (χ0n) is 16.7. The Bertz CT molecular complexity index is 320. The molecule has 0 rings (SSSR count). The normalized spacial score (nSPS) is 17.1. The second-order valence-electron chi connectivity index (χ2n) is 7.83. The Balaban J connectivity index is 4.95. The topological polar surface area (TPSA) is 58.9 Å². The van der Waals surface area contributed by atoms with Gasteiger partial charge in [0.15, 0.2) is 0 Å². The highest BCUT2D eigenvalue weighted by Crippen LogP contribution is 2.31. The Morgan fingerprint density at radius 1 is 0.875 bits per heavy atom. The van der Waals surface area contributed by atoms with Crippen LogP contribution in [-0.4, -0.2) is 62.4 Å². The van der Waals surface area contributed by atoms with Crippen molar-refractivity contribution in [3.63, 3.8) is 0 Å². The molecule has 2 N–H and O–H groups in total. The third kappa shape index (κ3) is 12.0. The summed E-state index contributed by atoms with van der Waals surface area (Å²) in [6.45, 7) is 16.1. The molecule has 0 radical (unpaired) electrons. The predicted molar refractivity (Wildman–Crippen MR) is 107 cm³/mol. The minimum absolute atomic E-state index is 0.0984. The number of rotatable bonds is 11. The first-order valence-corrected chi connectivity index (χ1v) is 10.9. The Morgan fingerprint density at radius 3 is 1.75 bits per heavy atom. The van der Waals surface area contributed by atoms with Crippen molar-refractivity contribution in [2.24, 2.45) is 0 Å². The van der Waals surface area contributed by atoms with Crippen molar-refractivity contribution in [2.45, 2.75) is 95.9 Å². The Labute approximate surface area is 157 Å². The molecular weight excluding hydrogens is 344 g/mol. The molecule has 24 heavy (non-hydrogen) atoms. The minimum Gasteiger partial charge on any atom is -0.388 e. The molecule has 0 aromatic rings. The van der Waals surface area contributed by atoms with Gasteiger partial charge in [0, 0.05) is 0 Å². The van der Waals surface area contributed by atoms with Gasteiger partial charge in [0.05, 0.1) is 28.5 Å². The quantitative estimate of drug-likeness (QED) is 0.528. The fraction of sp³-hybridized carbons (Fsp3) is 1.00. The van der Waals surface area contributed by atoms with Crippen LogP contribution in [-0.2, 0) is 9.47 Å². The van der Waals surface area contributed by atoms with E-state index < -0.39 is 18.3 Å². The van der Waals surface area contributed by atoms with Crippen LogP contribution in [0.2, 0.25) is 0 Å². The van der Waals surface area contributed by atoms with Crippen LogP contribution in [0.15, 0.2) is 0 Å². The van der Waals surface area contributed by atoms with E-state index in [1.807, 2.05) is 65.1 Å². The summed E-state index contributed by atoms with van der Waals surface area (Å²) in [4.78, 5) is 0. The average molecular weight is 383 g/mol. The first-order chi connectivity index (χ1) is 10.9. The van der Waals surface area contributed by atoms with Crippen molar-refractivity contribution in [3.05, 3.63) is 0 Å². The second-order valence-corrected chi connectivity index (χ2v) is 11.1. The standard InChI is InChI=1S/C18H38O4S2/c1-9-23-15(24-10-2)11-14(22-18(6,7)8)16(20)13(19)12-21-17(3,4)5/h13-16,19-20H,9-12H2,1-8H3/t13-,14-,16-/m1/s1. The SMILES string of the molecule is CCSC(C[C@@H](OC(C)(C)C)[C@H](O)[C@H](O)COC(C)(C)C)SCC. The van der Waals surface area contributed by atoms with Crippen LogP contribution in [0.25, 0.3) is 0 Å². The molecule has 0 amide bonds. The van der Waals surface area contributed by atoms with Gasteiger partial charge in [-0.05, 0) is 59.5 Å². The van der Waals surface area contributed by atoms with Crippen LogP contribution in [0, 0.1) is 0 Å². The molecule has 6 heteroatoms. The van der Waals surface area contributed by atoms with Gasteiger partial charge in [0.25, 0.3) is 0 Å². The van der Waals surface area contributed by atoms with Gasteiger partial charge in [-0.25, -0.2) is 0 Å². The lowest BCUT2D eigenvalue weighted by Gasteiger charge is -2.35. The van der Waals surface area contributed by atoms with Gasteiger partial charge in [-0.15, -0.1) is 23.5 Å². The van der Waals surface area contributed by atoms with E-state index in [0.717, 1.165) is 11.5 Å². The number of hydrogen-bond acceptors (Lipinski definition) is 6. The first kappa shape index (κ1) is 24.5. The molecule has 0 heterocycles. The van der Waals surface area contributed by atoms with Crippen LogP contribution in [0.3, 0.4) is 0 Å². The van der Waals surface area contributed by atoms with E-state index in [1.54, 1.807) is 0 Å². The van der Waals surface area contributed by atoms with Gasteiger partial charge in [0.1, 0.15) is 12.2 Å². The van der Waals surface area contributed by atoms with Gasteiger partial charge >= 0.3 is 0 Å². The van der Waals surface area contributed by atoms with Crippen molar-refractivity contribution in [1.82, 2.24) is 0 Å². The zero-order chi connectivity index (χ0) is 19.0. The molecule has 0 spiro atoms. The molecule has 0 aliphatic rings. The number of aliphatic hydroxyl groups excluding tert-OH is 2. The van der Waals surface area contributed by atoms with Gasteiger partial charge < -0.3 is 19.7 Å². The Morgan fingerprint density at radius 2 is 1.38 bits per heavy atom. The van der Waals surface area contributed by atoms with Gasteiger partial charge in [-0.2, -0.15) is 0 Å². The average Bonchev–Trinajstić information content (AvgIpc) is 2.41. The summed E-state index contributed by atoms with van der Waals surface area (Å²) in [6, 6.07) is 0. The molecule has 0 bridgehead atoms. The molecule has 4 nitrogen and oxygen atoms in total. The molecule has 0 aromatic carbocycles. The van der Waals surface area contributed by atoms with Crippen molar-refractivity contribution in [2.75, 3.05) is 18.1 Å². The van der Waals surface area contributed by atoms with Crippen LogP contribution in [0.1, 0.15) is 61.8 Å². The summed E-state index contributed by atoms with van der Waals surface area (Å²) >= 11 is 3.72. The smallest absolute Gasteiger partial charge is 0.108 e. The second kappa shape index (κ2) is 11.3. The molecule has 0 saturated heterocycles. The molecule has 0 aromatic heterocycles. The number of thioether (sulfide) groups is 2. The third-order valence-electron chi connectivity index (χ3n) is 3.10. The summed E-state index contributed by atoms with van der Waals surface area (Å²) < 4.78 is 12.0. The van der Waals surface area contributed by atoms with Gasteiger partial charge in [-0.1, -0.05) is 13.8 Å². The molecule has 0 fully saturated rings. The van der Waals surface area contributed by atoms with Crippen LogP contribution in [0.4, 0.5) is 0 Å². The lowest BCUT2D eigenvalue weighted by atomic mass is 10.0. The molecule has 146 valence electrons. The monoisotopic (exact) mass is 382 g/mol. The minimum atomic E-state index is -0.969. The largest absolute Gasteiger partial charge is 0.388 e. The van der Waals surface area contributed by atoms with Crippen LogP contribution >= 0.6 is 23.5 Å². The molecule has 0 aliphatic heterocycles. The van der Waals surface area contributed by atoms with E-state index in [0.29, 0.717) is 11.0 Å². The van der Waals surface area contributed by atoms with Crippen LogP contribution in [0.5, 0.6) is 0 Å². The first-order valence-electron chi connectivity index (χ1n) is 8.80. The van der Waals surface area contributed by atoms with E-state index in [1.165, 1.54) is 0 Å². The van der Waals surface area contributed by atoms with Gasteiger partial charge in [0.2, 0.25) is 0 Å². The Kier molecular flexibility index (Phi) is 11.5. The highest BCUT2D eigenvalue weighted by Gasteiger charge is 2.33. The maximum Gasteiger partial charge on any atom is 0.108 e. The fourth-order valence-electron chi connectivity index (χ4n) is 2.14. The summed E-state index contributed by atoms with van der Waals surface area (Å²) in [5.41, 5.74) is -0.728. The summed E-state index contributed by atoms with van der Waals surface area (Å²) in [6.07, 6.45) is -1.66. The summed E-state index contributed by atoms with van der Waals surface area (Å²) in [7, 11) is 0. The molecule has 0 unspecified atom stereocenters. The summed E-state index contributed by atoms with van der Waals surface area (Å²) in [5, 5.41) is 21.0. The number of aliphatic hydroxyl groups is 2. The summed E-state index contributed by atoms with van der Waals surface area (Å²) in [5.74, 6) is 2.04. The highest BCUT2D eigenvalue weighted by molar-refractivity contribution is 8.16. The van der Waals surface area contributed by atoms with Crippen molar-refractivity contribution in [3.8, 4) is 0 Å². The lowest BCUT2D eigenvalue weighted by Crippen LogP contribution is -2.46. The van der Waals surface area contributed by atoms with Gasteiger partial charge in [-0.3, -0.25) is 0 Å². The molecular formula is C18H38O4S2. The molecule has 0 aliphatic carbocycles. The lowest BCUT2D eigenvalue weighted by molar-refractivity contribution is -0.159. The number of ether oxygens (including phenoxy) is 2. The zero-order valence-corrected chi connectivity index (χ0v) is 18.3. The van der Waals surface area contributed by atoms with E-state index >= 15 is 0 Å².